The highest BCUT2D eigenvalue weighted by molar-refractivity contribution is 7.92. The maximum atomic E-state index is 12.6. The van der Waals surface area contributed by atoms with E-state index in [1.54, 1.807) is 46.6 Å². The lowest BCUT2D eigenvalue weighted by Crippen LogP contribution is -2.32. The molecule has 1 unspecified atom stereocenters. The van der Waals surface area contributed by atoms with Crippen molar-refractivity contribution in [2.45, 2.75) is 23.0 Å². The van der Waals surface area contributed by atoms with Gasteiger partial charge in [-0.25, -0.2) is 8.42 Å². The molecule has 0 radical (unpaired) electrons. The van der Waals surface area contributed by atoms with Crippen molar-refractivity contribution >= 4 is 27.1 Å². The van der Waals surface area contributed by atoms with Gasteiger partial charge in [-0.2, -0.15) is 0 Å². The van der Waals surface area contributed by atoms with E-state index in [2.05, 4.69) is 0 Å². The molecule has 1 fully saturated rings. The minimum atomic E-state index is -3.36. The molecule has 1 aromatic heterocycles. The van der Waals surface area contributed by atoms with Gasteiger partial charge < -0.3 is 4.90 Å². The van der Waals surface area contributed by atoms with Crippen molar-refractivity contribution in [3.63, 3.8) is 0 Å². The number of hydrogen-bond donors (Lipinski definition) is 0. The predicted molar refractivity (Wildman–Crippen MR) is 86.6 cm³/mol. The highest BCUT2D eigenvalue weighted by atomic mass is 32.2. The Morgan fingerprint density at radius 3 is 2.64 bits per heavy atom. The van der Waals surface area contributed by atoms with Crippen molar-refractivity contribution in [1.82, 2.24) is 4.90 Å². The molecule has 1 amide bonds. The normalized spacial score (nSPS) is 18.5. The van der Waals surface area contributed by atoms with Crippen molar-refractivity contribution in [1.29, 1.82) is 0 Å². The quantitative estimate of drug-likeness (QED) is 0.862. The fraction of sp³-hybridized carbons (Fsp3) is 0.312. The SMILES string of the molecule is O=C(Cc1cccs1)N1CCC(S(=O)(=O)c2ccccc2)C1. The van der Waals surface area contributed by atoms with Crippen molar-refractivity contribution in [2.75, 3.05) is 13.1 Å². The number of amides is 1. The summed E-state index contributed by atoms with van der Waals surface area (Å²) in [4.78, 5) is 15.3. The summed E-state index contributed by atoms with van der Waals surface area (Å²) < 4.78 is 25.2. The first kappa shape index (κ1) is 15.2. The third-order valence-corrected chi connectivity index (χ3v) is 6.98. The Morgan fingerprint density at radius 2 is 1.95 bits per heavy atom. The lowest BCUT2D eigenvalue weighted by atomic mass is 10.3. The number of sulfone groups is 1. The summed E-state index contributed by atoms with van der Waals surface area (Å²) in [7, 11) is -3.36. The monoisotopic (exact) mass is 335 g/mol. The standard InChI is InChI=1S/C16H17NO3S2/c18-16(11-13-5-4-10-21-13)17-9-8-15(12-17)22(19,20)14-6-2-1-3-7-14/h1-7,10,15H,8-9,11-12H2. The molecule has 0 saturated carbocycles. The lowest BCUT2D eigenvalue weighted by molar-refractivity contribution is -0.129. The highest BCUT2D eigenvalue weighted by Crippen LogP contribution is 2.24. The summed E-state index contributed by atoms with van der Waals surface area (Å²) >= 11 is 1.55. The molecule has 1 aliphatic heterocycles. The molecule has 1 saturated heterocycles. The fourth-order valence-electron chi connectivity index (χ4n) is 2.68. The Hall–Kier alpha value is -1.66. The van der Waals surface area contributed by atoms with Gasteiger partial charge in [0.1, 0.15) is 0 Å². The van der Waals surface area contributed by atoms with Crippen LogP contribution in [0, 0.1) is 0 Å². The van der Waals surface area contributed by atoms with Crippen LogP contribution < -0.4 is 0 Å². The number of carbonyl (C=O) groups is 1. The summed E-state index contributed by atoms with van der Waals surface area (Å²) in [5.74, 6) is 0.00760. The van der Waals surface area contributed by atoms with Gasteiger partial charge in [0, 0.05) is 18.0 Å². The number of thiophene rings is 1. The number of rotatable bonds is 4. The van der Waals surface area contributed by atoms with Crippen LogP contribution in [0.3, 0.4) is 0 Å². The van der Waals surface area contributed by atoms with Crippen molar-refractivity contribution in [3.8, 4) is 0 Å². The first-order valence-corrected chi connectivity index (χ1v) is 9.59. The minimum Gasteiger partial charge on any atom is -0.341 e. The van der Waals surface area contributed by atoms with Crippen LogP contribution in [0.1, 0.15) is 11.3 Å². The van der Waals surface area contributed by atoms with Crippen molar-refractivity contribution in [3.05, 3.63) is 52.7 Å². The van der Waals surface area contributed by atoms with Gasteiger partial charge in [-0.05, 0) is 30.0 Å². The molecule has 0 spiro atoms. The second kappa shape index (κ2) is 6.22. The number of likely N-dealkylation sites (tertiary alicyclic amines) is 1. The summed E-state index contributed by atoms with van der Waals surface area (Å²) in [5.41, 5.74) is 0. The van der Waals surface area contributed by atoms with E-state index in [1.807, 2.05) is 17.5 Å². The van der Waals surface area contributed by atoms with Gasteiger partial charge in [0.15, 0.2) is 9.84 Å². The Kier molecular flexibility index (Phi) is 4.31. The van der Waals surface area contributed by atoms with Gasteiger partial charge in [0.05, 0.1) is 16.6 Å². The smallest absolute Gasteiger partial charge is 0.227 e. The zero-order chi connectivity index (χ0) is 15.6. The van der Waals surface area contributed by atoms with E-state index >= 15 is 0 Å². The Morgan fingerprint density at radius 1 is 1.18 bits per heavy atom. The van der Waals surface area contributed by atoms with E-state index in [-0.39, 0.29) is 5.91 Å². The summed E-state index contributed by atoms with van der Waals surface area (Å²) in [6.07, 6.45) is 0.864. The van der Waals surface area contributed by atoms with Crippen LogP contribution in [0.5, 0.6) is 0 Å². The van der Waals surface area contributed by atoms with E-state index in [0.29, 0.717) is 30.8 Å². The summed E-state index contributed by atoms with van der Waals surface area (Å²) in [6, 6.07) is 12.3. The first-order valence-electron chi connectivity index (χ1n) is 7.16. The maximum absolute atomic E-state index is 12.6. The molecule has 22 heavy (non-hydrogen) atoms. The maximum Gasteiger partial charge on any atom is 0.227 e. The molecule has 116 valence electrons. The molecule has 6 heteroatoms. The van der Waals surface area contributed by atoms with Gasteiger partial charge in [-0.1, -0.05) is 24.3 Å². The van der Waals surface area contributed by atoms with Crippen molar-refractivity contribution in [2.24, 2.45) is 0 Å². The number of carbonyl (C=O) groups excluding carboxylic acids is 1. The van der Waals surface area contributed by atoms with Crippen LogP contribution in [0.4, 0.5) is 0 Å². The molecule has 1 aromatic carbocycles. The van der Waals surface area contributed by atoms with Crippen molar-refractivity contribution < 1.29 is 13.2 Å². The van der Waals surface area contributed by atoms with E-state index in [1.165, 1.54) is 0 Å². The van der Waals surface area contributed by atoms with Crippen LogP contribution in [0.15, 0.2) is 52.7 Å². The topological polar surface area (TPSA) is 54.5 Å². The molecule has 1 atom stereocenters. The van der Waals surface area contributed by atoms with Crippen LogP contribution in [0.25, 0.3) is 0 Å². The number of benzene rings is 1. The molecule has 4 nitrogen and oxygen atoms in total. The number of nitrogens with zero attached hydrogens (tertiary/aromatic N) is 1. The van der Waals surface area contributed by atoms with Gasteiger partial charge in [-0.3, -0.25) is 4.79 Å². The van der Waals surface area contributed by atoms with E-state index in [4.69, 9.17) is 0 Å². The molecule has 3 rings (SSSR count). The Bertz CT molecular complexity index is 739. The first-order chi connectivity index (χ1) is 10.6. The molecule has 0 bridgehead atoms. The average Bonchev–Trinajstić information content (AvgIpc) is 3.19. The van der Waals surface area contributed by atoms with Gasteiger partial charge in [0.2, 0.25) is 5.91 Å². The van der Waals surface area contributed by atoms with Gasteiger partial charge in [0.25, 0.3) is 0 Å². The third-order valence-electron chi connectivity index (χ3n) is 3.91. The molecule has 0 aliphatic carbocycles. The molecule has 0 N–H and O–H groups in total. The minimum absolute atomic E-state index is 0.00760. The largest absolute Gasteiger partial charge is 0.341 e. The van der Waals surface area contributed by atoms with Crippen LogP contribution in [0.2, 0.25) is 0 Å². The van der Waals surface area contributed by atoms with Gasteiger partial charge in [-0.15, -0.1) is 11.3 Å². The molecule has 1 aliphatic rings. The van der Waals surface area contributed by atoms with Crippen LogP contribution >= 0.6 is 11.3 Å². The lowest BCUT2D eigenvalue weighted by Gasteiger charge is -2.16. The predicted octanol–water partition coefficient (Wildman–Crippen LogP) is 2.37. The number of hydrogen-bond acceptors (Lipinski definition) is 4. The molecule has 2 heterocycles. The van der Waals surface area contributed by atoms with Crippen LogP contribution in [-0.4, -0.2) is 37.6 Å². The Labute approximate surface area is 134 Å². The van der Waals surface area contributed by atoms with E-state index < -0.39 is 15.1 Å². The van der Waals surface area contributed by atoms with E-state index in [9.17, 15) is 13.2 Å². The zero-order valence-corrected chi connectivity index (χ0v) is 13.6. The second-order valence-electron chi connectivity index (χ2n) is 5.36. The van der Waals surface area contributed by atoms with E-state index in [0.717, 1.165) is 4.88 Å². The molecular weight excluding hydrogens is 318 g/mol. The fourth-order valence-corrected chi connectivity index (χ4v) is 5.09. The summed E-state index contributed by atoms with van der Waals surface area (Å²) in [6.45, 7) is 0.808. The molecular formula is C16H17NO3S2. The molecule has 2 aromatic rings. The average molecular weight is 335 g/mol. The zero-order valence-electron chi connectivity index (χ0n) is 12.0. The highest BCUT2D eigenvalue weighted by Gasteiger charge is 2.35. The third kappa shape index (κ3) is 3.08. The van der Waals surface area contributed by atoms with Gasteiger partial charge >= 0.3 is 0 Å². The second-order valence-corrected chi connectivity index (χ2v) is 8.62. The van der Waals surface area contributed by atoms with Crippen LogP contribution in [-0.2, 0) is 21.1 Å². The Balaban J connectivity index is 1.68. The summed E-state index contributed by atoms with van der Waals surface area (Å²) in [5, 5.41) is 1.44.